The molecule has 3 aromatic rings. The Morgan fingerprint density at radius 2 is 2.19 bits per heavy atom. The van der Waals surface area contributed by atoms with Crippen molar-refractivity contribution >= 4 is 28.7 Å². The summed E-state index contributed by atoms with van der Waals surface area (Å²) in [4.78, 5) is 27.2. The Labute approximate surface area is 148 Å². The summed E-state index contributed by atoms with van der Waals surface area (Å²) in [6.07, 6.45) is 3.47. The number of H-pyrrole nitrogens is 1. The number of amides is 2. The van der Waals surface area contributed by atoms with E-state index in [0.717, 1.165) is 10.9 Å². The molecule has 1 atom stereocenters. The van der Waals surface area contributed by atoms with Gasteiger partial charge in [-0.3, -0.25) is 14.9 Å². The van der Waals surface area contributed by atoms with Gasteiger partial charge in [-0.15, -0.1) is 10.2 Å². The fourth-order valence-electron chi connectivity index (χ4n) is 2.78. The van der Waals surface area contributed by atoms with E-state index in [-0.39, 0.29) is 18.1 Å². The zero-order chi connectivity index (χ0) is 18.7. The summed E-state index contributed by atoms with van der Waals surface area (Å²) in [5.41, 5.74) is 1.43. The molecule has 3 N–H and O–H groups in total. The Balaban J connectivity index is 1.83. The lowest BCUT2D eigenvalue weighted by Crippen LogP contribution is -2.44. The van der Waals surface area contributed by atoms with Crippen molar-refractivity contribution in [2.24, 2.45) is 0 Å². The van der Waals surface area contributed by atoms with Crippen LogP contribution in [0.2, 0.25) is 0 Å². The smallest absolute Gasteiger partial charge is 0.249 e. The van der Waals surface area contributed by atoms with Crippen LogP contribution < -0.4 is 10.6 Å². The monoisotopic (exact) mass is 358 g/mol. The van der Waals surface area contributed by atoms with Crippen LogP contribution in [0.1, 0.15) is 19.4 Å². The Bertz CT molecular complexity index is 948. The van der Waals surface area contributed by atoms with Crippen molar-refractivity contribution in [2.45, 2.75) is 32.9 Å². The number of aryl methyl sites for hydroxylation is 1. The first-order valence-electron chi connectivity index (χ1n) is 8.19. The molecular weight excluding hydrogens is 339 g/mol. The van der Waals surface area contributed by atoms with Crippen LogP contribution >= 0.6 is 0 Å². The molecule has 0 spiro atoms. The Morgan fingerprint density at radius 3 is 2.92 bits per heavy atom. The number of aromatic amines is 1. The highest BCUT2D eigenvalue weighted by molar-refractivity contribution is 5.96. The average Bonchev–Trinajstić information content (AvgIpc) is 3.20. The molecule has 9 heteroatoms. The third kappa shape index (κ3) is 3.71. The molecule has 1 unspecified atom stereocenters. The number of hydrogen-bond acceptors (Lipinski definition) is 4. The van der Waals surface area contributed by atoms with E-state index in [9.17, 15) is 14.0 Å². The van der Waals surface area contributed by atoms with Crippen LogP contribution in [0, 0.1) is 5.82 Å². The van der Waals surface area contributed by atoms with Crippen molar-refractivity contribution in [2.75, 3.05) is 5.32 Å². The summed E-state index contributed by atoms with van der Waals surface area (Å²) in [6, 6.07) is 3.58. The topological polar surface area (TPSA) is 105 Å². The third-order valence-corrected chi connectivity index (χ3v) is 4.04. The molecule has 2 aromatic heterocycles. The highest BCUT2D eigenvalue weighted by Gasteiger charge is 2.23. The largest absolute Gasteiger partial charge is 0.361 e. The van der Waals surface area contributed by atoms with E-state index in [4.69, 9.17) is 0 Å². The number of benzene rings is 1. The van der Waals surface area contributed by atoms with Gasteiger partial charge in [-0.2, -0.15) is 0 Å². The lowest BCUT2D eigenvalue weighted by Gasteiger charge is -2.17. The standard InChI is InChI=1S/C17H19FN6O2/c1-3-24-9-20-23-17(24)22-16(26)15(21-10(2)25)6-11-8-19-14-7-12(18)4-5-13(11)14/h4-5,7-9,15,19H,3,6H2,1-2H3,(H,21,25)(H,22,23,26). The van der Waals surface area contributed by atoms with Gasteiger partial charge in [0, 0.05) is 37.0 Å². The molecule has 26 heavy (non-hydrogen) atoms. The van der Waals surface area contributed by atoms with Crippen molar-refractivity contribution in [1.82, 2.24) is 25.1 Å². The van der Waals surface area contributed by atoms with E-state index in [1.54, 1.807) is 16.8 Å². The van der Waals surface area contributed by atoms with Gasteiger partial charge >= 0.3 is 0 Å². The molecule has 0 saturated heterocycles. The van der Waals surface area contributed by atoms with Crippen molar-refractivity contribution in [1.29, 1.82) is 0 Å². The molecule has 3 rings (SSSR count). The number of halogens is 1. The Morgan fingerprint density at radius 1 is 1.38 bits per heavy atom. The summed E-state index contributed by atoms with van der Waals surface area (Å²) < 4.78 is 15.0. The van der Waals surface area contributed by atoms with Crippen LogP contribution in [0.3, 0.4) is 0 Å². The van der Waals surface area contributed by atoms with E-state index in [2.05, 4.69) is 25.8 Å². The molecule has 0 aliphatic rings. The number of rotatable bonds is 6. The fraction of sp³-hybridized carbons (Fsp3) is 0.294. The highest BCUT2D eigenvalue weighted by Crippen LogP contribution is 2.21. The second-order valence-electron chi connectivity index (χ2n) is 5.89. The lowest BCUT2D eigenvalue weighted by molar-refractivity contribution is -0.125. The molecule has 2 heterocycles. The molecule has 1 aromatic carbocycles. The van der Waals surface area contributed by atoms with Gasteiger partial charge in [0.2, 0.25) is 17.8 Å². The average molecular weight is 358 g/mol. The van der Waals surface area contributed by atoms with E-state index >= 15 is 0 Å². The quantitative estimate of drug-likeness (QED) is 0.622. The maximum atomic E-state index is 13.3. The normalized spacial score (nSPS) is 12.1. The van der Waals surface area contributed by atoms with Gasteiger partial charge in [-0.25, -0.2) is 4.39 Å². The molecule has 8 nitrogen and oxygen atoms in total. The zero-order valence-corrected chi connectivity index (χ0v) is 14.4. The first-order chi connectivity index (χ1) is 12.5. The van der Waals surface area contributed by atoms with Crippen LogP contribution in [0.25, 0.3) is 10.9 Å². The predicted octanol–water partition coefficient (Wildman–Crippen LogP) is 1.60. The summed E-state index contributed by atoms with van der Waals surface area (Å²) in [7, 11) is 0. The summed E-state index contributed by atoms with van der Waals surface area (Å²) in [5, 5.41) is 13.8. The fourth-order valence-corrected chi connectivity index (χ4v) is 2.78. The van der Waals surface area contributed by atoms with Gasteiger partial charge in [0.15, 0.2) is 0 Å². The SMILES string of the molecule is CCn1cnnc1NC(=O)C(Cc1c[nH]c2cc(F)ccc12)NC(C)=O. The van der Waals surface area contributed by atoms with Gasteiger partial charge < -0.3 is 14.9 Å². The van der Waals surface area contributed by atoms with Crippen LogP contribution in [0.5, 0.6) is 0 Å². The number of aromatic nitrogens is 4. The maximum Gasteiger partial charge on any atom is 0.249 e. The van der Waals surface area contributed by atoms with Crippen molar-refractivity contribution in [3.63, 3.8) is 0 Å². The molecule has 2 amide bonds. The number of anilines is 1. The Hall–Kier alpha value is -3.23. The minimum absolute atomic E-state index is 0.247. The van der Waals surface area contributed by atoms with Gasteiger partial charge in [0.05, 0.1) is 0 Å². The predicted molar refractivity (Wildman–Crippen MR) is 93.9 cm³/mol. The van der Waals surface area contributed by atoms with E-state index in [0.29, 0.717) is 18.0 Å². The van der Waals surface area contributed by atoms with Crippen LogP contribution in [0.15, 0.2) is 30.7 Å². The molecule has 0 saturated carbocycles. The molecular formula is C17H19FN6O2. The molecule has 0 aliphatic heterocycles. The number of hydrogen-bond donors (Lipinski definition) is 3. The first kappa shape index (κ1) is 17.6. The molecule has 0 radical (unpaired) electrons. The second-order valence-corrected chi connectivity index (χ2v) is 5.89. The van der Waals surface area contributed by atoms with Gasteiger partial charge in [-0.1, -0.05) is 0 Å². The van der Waals surface area contributed by atoms with Crippen molar-refractivity contribution in [3.05, 3.63) is 42.1 Å². The van der Waals surface area contributed by atoms with Crippen LogP contribution in [0.4, 0.5) is 10.3 Å². The van der Waals surface area contributed by atoms with Gasteiger partial charge in [0.25, 0.3) is 0 Å². The highest BCUT2D eigenvalue weighted by atomic mass is 19.1. The maximum absolute atomic E-state index is 13.3. The number of nitrogens with one attached hydrogen (secondary N) is 3. The van der Waals surface area contributed by atoms with E-state index < -0.39 is 11.9 Å². The third-order valence-electron chi connectivity index (χ3n) is 4.04. The van der Waals surface area contributed by atoms with Gasteiger partial charge in [0.1, 0.15) is 18.2 Å². The molecule has 136 valence electrons. The van der Waals surface area contributed by atoms with Crippen molar-refractivity contribution in [3.8, 4) is 0 Å². The molecule has 0 aliphatic carbocycles. The summed E-state index contributed by atoms with van der Waals surface area (Å²) >= 11 is 0. The summed E-state index contributed by atoms with van der Waals surface area (Å²) in [6.45, 7) is 3.84. The minimum Gasteiger partial charge on any atom is -0.361 e. The number of carbonyl (C=O) groups excluding carboxylic acids is 2. The molecule has 0 fully saturated rings. The summed E-state index contributed by atoms with van der Waals surface area (Å²) in [5.74, 6) is -0.762. The van der Waals surface area contributed by atoms with E-state index in [1.165, 1.54) is 25.4 Å². The molecule has 0 bridgehead atoms. The van der Waals surface area contributed by atoms with Gasteiger partial charge in [-0.05, 0) is 30.7 Å². The first-order valence-corrected chi connectivity index (χ1v) is 8.19. The number of carbonyl (C=O) groups is 2. The second kappa shape index (κ2) is 7.34. The minimum atomic E-state index is -0.807. The number of fused-ring (bicyclic) bond motifs is 1. The zero-order valence-electron chi connectivity index (χ0n) is 14.4. The van der Waals surface area contributed by atoms with Crippen molar-refractivity contribution < 1.29 is 14.0 Å². The van der Waals surface area contributed by atoms with E-state index in [1.807, 2.05) is 6.92 Å². The Kier molecular flexibility index (Phi) is 4.97. The number of nitrogens with zero attached hydrogens (tertiary/aromatic N) is 3. The van der Waals surface area contributed by atoms with Crippen LogP contribution in [-0.4, -0.2) is 37.6 Å². The van der Waals surface area contributed by atoms with Crippen LogP contribution in [-0.2, 0) is 22.6 Å². The lowest BCUT2D eigenvalue weighted by atomic mass is 10.0.